The Kier molecular flexibility index (Phi) is 4.09. The molecule has 0 aliphatic rings. The molecule has 0 heterocycles. The van der Waals surface area contributed by atoms with Crippen molar-refractivity contribution in [1.29, 1.82) is 0 Å². The van der Waals surface area contributed by atoms with Gasteiger partial charge in [0.15, 0.2) is 15.6 Å². The quantitative estimate of drug-likeness (QED) is 0.604. The van der Waals surface area contributed by atoms with Gasteiger partial charge >= 0.3 is 0 Å². The molecule has 0 aromatic heterocycles. The highest BCUT2D eigenvalue weighted by Crippen LogP contribution is 2.23. The number of hydrogen-bond donors (Lipinski definition) is 0. The van der Waals surface area contributed by atoms with Crippen molar-refractivity contribution in [1.82, 2.24) is 0 Å². The molecule has 0 bridgehead atoms. The number of rotatable bonds is 5. The maximum Gasteiger partial charge on any atom is 0.273 e. The normalized spacial score (nSPS) is 12.2. The highest BCUT2D eigenvalue weighted by molar-refractivity contribution is 7.92. The maximum absolute atomic E-state index is 12.1. The molecule has 0 amide bonds. The first-order valence-corrected chi connectivity index (χ1v) is 7.41. The Labute approximate surface area is 111 Å². The van der Waals surface area contributed by atoms with E-state index >= 15 is 0 Å². The van der Waals surface area contributed by atoms with Crippen molar-refractivity contribution in [2.75, 3.05) is 6.26 Å². The number of hydrogen-bond acceptors (Lipinski definition) is 5. The second-order valence-electron chi connectivity index (χ2n) is 4.77. The van der Waals surface area contributed by atoms with Crippen LogP contribution in [0.5, 0.6) is 0 Å². The first-order chi connectivity index (χ1) is 8.57. The summed E-state index contributed by atoms with van der Waals surface area (Å²) in [5, 5.41) is 10.8. The van der Waals surface area contributed by atoms with Crippen LogP contribution in [0.15, 0.2) is 24.3 Å². The van der Waals surface area contributed by atoms with Gasteiger partial charge in [-0.1, -0.05) is 18.2 Å². The third-order valence-corrected chi connectivity index (χ3v) is 5.22. The predicted octanol–water partition coefficient (Wildman–Crippen LogP) is 1.53. The summed E-state index contributed by atoms with van der Waals surface area (Å²) in [5.74, 6) is -0.565. The third-order valence-electron chi connectivity index (χ3n) is 3.14. The van der Waals surface area contributed by atoms with Crippen LogP contribution < -0.4 is 0 Å². The van der Waals surface area contributed by atoms with Gasteiger partial charge in [0.1, 0.15) is 4.75 Å². The molecule has 0 unspecified atom stereocenters. The lowest BCUT2D eigenvalue weighted by molar-refractivity contribution is -0.385. The number of sulfone groups is 1. The highest BCUT2D eigenvalue weighted by atomic mass is 32.2. The van der Waals surface area contributed by atoms with Gasteiger partial charge in [0.25, 0.3) is 5.69 Å². The molecule has 0 spiro atoms. The number of ketones is 1. The van der Waals surface area contributed by atoms with Crippen molar-refractivity contribution in [2.24, 2.45) is 0 Å². The Bertz CT molecular complexity index is 619. The van der Waals surface area contributed by atoms with Crippen LogP contribution in [0.2, 0.25) is 0 Å². The molecule has 0 saturated heterocycles. The fraction of sp³-hybridized carbons (Fsp3) is 0.417. The van der Waals surface area contributed by atoms with Crippen LogP contribution in [0.4, 0.5) is 5.69 Å². The van der Waals surface area contributed by atoms with Crippen LogP contribution >= 0.6 is 0 Å². The van der Waals surface area contributed by atoms with Gasteiger partial charge in [-0.05, 0) is 13.8 Å². The Hall–Kier alpha value is -1.76. The summed E-state index contributed by atoms with van der Waals surface area (Å²) < 4.78 is 21.5. The molecule has 0 aliphatic carbocycles. The average molecular weight is 285 g/mol. The summed E-state index contributed by atoms with van der Waals surface area (Å²) in [6.07, 6.45) is 0.696. The minimum Gasteiger partial charge on any atom is -0.298 e. The zero-order chi connectivity index (χ0) is 14.8. The summed E-state index contributed by atoms with van der Waals surface area (Å²) in [5.41, 5.74) is 0.0365. The summed E-state index contributed by atoms with van der Waals surface area (Å²) in [7, 11) is -3.57. The van der Waals surface area contributed by atoms with Gasteiger partial charge in [-0.15, -0.1) is 0 Å². The summed E-state index contributed by atoms with van der Waals surface area (Å²) in [4.78, 5) is 22.3. The molecule has 0 aliphatic heterocycles. The Morgan fingerprint density at radius 3 is 2.32 bits per heavy atom. The lowest BCUT2D eigenvalue weighted by Crippen LogP contribution is -2.41. The zero-order valence-electron chi connectivity index (χ0n) is 10.9. The monoisotopic (exact) mass is 285 g/mol. The number of nitro groups is 1. The van der Waals surface area contributed by atoms with Gasteiger partial charge in [0.05, 0.1) is 4.92 Å². The van der Waals surface area contributed by atoms with Crippen molar-refractivity contribution in [2.45, 2.75) is 25.0 Å². The Morgan fingerprint density at radius 1 is 1.32 bits per heavy atom. The molecule has 1 rings (SSSR count). The molecule has 1 aromatic carbocycles. The molecule has 0 radical (unpaired) electrons. The predicted molar refractivity (Wildman–Crippen MR) is 70.7 cm³/mol. The second-order valence-corrected chi connectivity index (χ2v) is 7.33. The van der Waals surface area contributed by atoms with Crippen LogP contribution in [0.25, 0.3) is 0 Å². The van der Waals surface area contributed by atoms with Crippen molar-refractivity contribution in [3.05, 3.63) is 39.9 Å². The third kappa shape index (κ3) is 3.17. The van der Waals surface area contributed by atoms with E-state index in [2.05, 4.69) is 0 Å². The van der Waals surface area contributed by atoms with E-state index in [0.29, 0.717) is 0 Å². The summed E-state index contributed by atoms with van der Waals surface area (Å²) in [6, 6.07) is 5.81. The maximum atomic E-state index is 12.1. The first-order valence-electron chi connectivity index (χ1n) is 5.52. The number of Topliss-reactive ketones (excluding diaryl/α,β-unsaturated/α-hetero) is 1. The van der Waals surface area contributed by atoms with E-state index in [9.17, 15) is 23.3 Å². The van der Waals surface area contributed by atoms with Crippen molar-refractivity contribution in [3.63, 3.8) is 0 Å². The molecule has 0 atom stereocenters. The van der Waals surface area contributed by atoms with E-state index in [1.54, 1.807) is 6.07 Å². The largest absolute Gasteiger partial charge is 0.298 e. The Balaban J connectivity index is 3.12. The number of para-hydroxylation sites is 1. The standard InChI is InChI=1S/C12H15NO5S/c1-12(2,19(3,17)18)11(14)8-9-6-4-5-7-10(9)13(15)16/h4-7H,8H2,1-3H3. The van der Waals surface area contributed by atoms with Crippen LogP contribution in [-0.2, 0) is 21.1 Å². The molecule has 0 fully saturated rings. The molecule has 7 heteroatoms. The molecule has 19 heavy (non-hydrogen) atoms. The minimum atomic E-state index is -3.57. The number of carbonyl (C=O) groups is 1. The van der Waals surface area contributed by atoms with Gasteiger partial charge in [-0.2, -0.15) is 0 Å². The van der Waals surface area contributed by atoms with Gasteiger partial charge < -0.3 is 0 Å². The molecule has 1 aromatic rings. The van der Waals surface area contributed by atoms with Crippen molar-refractivity contribution >= 4 is 21.3 Å². The van der Waals surface area contributed by atoms with Crippen molar-refractivity contribution < 1.29 is 18.1 Å². The highest BCUT2D eigenvalue weighted by Gasteiger charge is 2.38. The fourth-order valence-corrected chi connectivity index (χ4v) is 1.92. The van der Waals surface area contributed by atoms with E-state index in [1.807, 2.05) is 0 Å². The topological polar surface area (TPSA) is 94.3 Å². The molecule has 104 valence electrons. The number of nitro benzene ring substituents is 1. The lowest BCUT2D eigenvalue weighted by atomic mass is 9.99. The number of nitrogens with zero attached hydrogens (tertiary/aromatic N) is 1. The van der Waals surface area contributed by atoms with Gasteiger partial charge in [0, 0.05) is 24.3 Å². The minimum absolute atomic E-state index is 0.180. The van der Waals surface area contributed by atoms with E-state index < -0.39 is 25.3 Å². The number of carbonyl (C=O) groups excluding carboxylic acids is 1. The van der Waals surface area contributed by atoms with E-state index in [0.717, 1.165) is 6.26 Å². The lowest BCUT2D eigenvalue weighted by Gasteiger charge is -2.20. The molecular weight excluding hydrogens is 270 g/mol. The van der Waals surface area contributed by atoms with Crippen LogP contribution in [0.1, 0.15) is 19.4 Å². The second kappa shape index (κ2) is 5.08. The van der Waals surface area contributed by atoms with E-state index in [4.69, 9.17) is 0 Å². The molecule has 0 saturated carbocycles. The van der Waals surface area contributed by atoms with Crippen molar-refractivity contribution in [3.8, 4) is 0 Å². The fourth-order valence-electron chi connectivity index (χ4n) is 1.43. The molecular formula is C12H15NO5S. The van der Waals surface area contributed by atoms with Gasteiger partial charge in [-0.25, -0.2) is 8.42 Å². The van der Waals surface area contributed by atoms with Crippen LogP contribution in [0, 0.1) is 10.1 Å². The first kappa shape index (κ1) is 15.3. The van der Waals surface area contributed by atoms with Crippen LogP contribution in [0.3, 0.4) is 0 Å². The summed E-state index contributed by atoms with van der Waals surface area (Å²) in [6.45, 7) is 2.61. The molecule has 6 nitrogen and oxygen atoms in total. The SMILES string of the molecule is CC(C)(C(=O)Cc1ccccc1[N+](=O)[O-])S(C)(=O)=O. The number of benzene rings is 1. The Morgan fingerprint density at radius 2 is 1.84 bits per heavy atom. The summed E-state index contributed by atoms with van der Waals surface area (Å²) >= 11 is 0. The van der Waals surface area contributed by atoms with E-state index in [1.165, 1.54) is 32.0 Å². The average Bonchev–Trinajstić information content (AvgIpc) is 2.27. The van der Waals surface area contributed by atoms with Crippen LogP contribution in [-0.4, -0.2) is 30.1 Å². The van der Waals surface area contributed by atoms with E-state index in [-0.39, 0.29) is 17.7 Å². The molecule has 0 N–H and O–H groups in total. The van der Waals surface area contributed by atoms with Gasteiger partial charge in [0.2, 0.25) is 0 Å². The zero-order valence-corrected chi connectivity index (χ0v) is 11.7. The van der Waals surface area contributed by atoms with Gasteiger partial charge in [-0.3, -0.25) is 14.9 Å². The smallest absolute Gasteiger partial charge is 0.273 e.